The van der Waals surface area contributed by atoms with Gasteiger partial charge in [-0.1, -0.05) is 6.07 Å². The zero-order valence-corrected chi connectivity index (χ0v) is 15.1. The second-order valence-corrected chi connectivity index (χ2v) is 5.92. The Labute approximate surface area is 156 Å². The number of nitrogens with one attached hydrogen (secondary N) is 2. The summed E-state index contributed by atoms with van der Waals surface area (Å²) in [7, 11) is 0. The molecule has 1 amide bonds. The first-order valence-electron chi connectivity index (χ1n) is 8.43. The van der Waals surface area contributed by atoms with Gasteiger partial charge in [0.05, 0.1) is 17.3 Å². The van der Waals surface area contributed by atoms with Crippen LogP contribution in [-0.2, 0) is 0 Å². The monoisotopic (exact) mass is 361 g/mol. The van der Waals surface area contributed by atoms with Gasteiger partial charge in [0.2, 0.25) is 0 Å². The van der Waals surface area contributed by atoms with E-state index in [4.69, 9.17) is 5.26 Å². The fraction of sp³-hybridized carbons (Fsp3) is 0.211. The largest absolute Gasteiger partial charge is 0.368 e. The molecule has 0 aliphatic rings. The summed E-state index contributed by atoms with van der Waals surface area (Å²) in [6, 6.07) is 10.4. The predicted molar refractivity (Wildman–Crippen MR) is 101 cm³/mol. The lowest BCUT2D eigenvalue weighted by molar-refractivity contribution is 0.0955. The first-order chi connectivity index (χ1) is 13.1. The minimum absolute atomic E-state index is 0.221. The summed E-state index contributed by atoms with van der Waals surface area (Å²) in [4.78, 5) is 24.9. The van der Waals surface area contributed by atoms with Crippen LogP contribution in [0.25, 0.3) is 5.82 Å². The highest BCUT2D eigenvalue weighted by Crippen LogP contribution is 2.13. The van der Waals surface area contributed by atoms with E-state index >= 15 is 0 Å². The number of aromatic nitrogens is 4. The Bertz CT molecular complexity index is 1000. The molecule has 27 heavy (non-hydrogen) atoms. The number of benzene rings is 1. The number of nitrogens with zero attached hydrogens (tertiary/aromatic N) is 5. The fourth-order valence-corrected chi connectivity index (χ4v) is 2.50. The standard InChI is InChI=1S/C19H19N7O/c1-13-14(2)26(12-25-13)18-9-17(23-11-24-18)21-6-7-22-19(27)16-5-3-4-15(8-16)10-20/h3-5,8-9,11-12H,6-7H2,1-2H3,(H,22,27)(H,21,23,24). The van der Waals surface area contributed by atoms with Crippen LogP contribution < -0.4 is 10.6 Å². The average Bonchev–Trinajstić information content (AvgIpc) is 3.04. The molecule has 0 aliphatic carbocycles. The summed E-state index contributed by atoms with van der Waals surface area (Å²) >= 11 is 0. The van der Waals surface area contributed by atoms with Crippen LogP contribution in [0.4, 0.5) is 5.82 Å². The van der Waals surface area contributed by atoms with Crippen molar-refractivity contribution >= 4 is 11.7 Å². The molecule has 2 N–H and O–H groups in total. The van der Waals surface area contributed by atoms with Crippen molar-refractivity contribution < 1.29 is 4.79 Å². The summed E-state index contributed by atoms with van der Waals surface area (Å²) in [5.41, 5.74) is 2.89. The van der Waals surface area contributed by atoms with Crippen molar-refractivity contribution in [3.8, 4) is 11.9 Å². The van der Waals surface area contributed by atoms with E-state index in [1.54, 1.807) is 30.6 Å². The Morgan fingerprint density at radius 3 is 2.78 bits per heavy atom. The van der Waals surface area contributed by atoms with E-state index in [-0.39, 0.29) is 5.91 Å². The van der Waals surface area contributed by atoms with Crippen LogP contribution in [0, 0.1) is 25.2 Å². The van der Waals surface area contributed by atoms with E-state index in [2.05, 4.69) is 25.6 Å². The van der Waals surface area contributed by atoms with E-state index < -0.39 is 0 Å². The third-order valence-corrected chi connectivity index (χ3v) is 4.12. The molecule has 2 aromatic heterocycles. The van der Waals surface area contributed by atoms with Gasteiger partial charge in [-0.3, -0.25) is 9.36 Å². The molecular formula is C19H19N7O. The molecule has 3 aromatic rings. The molecule has 0 unspecified atom stereocenters. The van der Waals surface area contributed by atoms with Crippen molar-refractivity contribution in [1.29, 1.82) is 5.26 Å². The maximum Gasteiger partial charge on any atom is 0.251 e. The molecule has 0 atom stereocenters. The van der Waals surface area contributed by atoms with Crippen molar-refractivity contribution in [1.82, 2.24) is 24.8 Å². The molecule has 136 valence electrons. The molecule has 0 saturated carbocycles. The summed E-state index contributed by atoms with van der Waals surface area (Å²) < 4.78 is 1.89. The van der Waals surface area contributed by atoms with Crippen molar-refractivity contribution in [3.63, 3.8) is 0 Å². The third-order valence-electron chi connectivity index (χ3n) is 4.12. The van der Waals surface area contributed by atoms with Gasteiger partial charge in [0, 0.05) is 30.4 Å². The van der Waals surface area contributed by atoms with Crippen LogP contribution >= 0.6 is 0 Å². The van der Waals surface area contributed by atoms with Crippen LogP contribution in [0.15, 0.2) is 43.0 Å². The van der Waals surface area contributed by atoms with Gasteiger partial charge in [0.25, 0.3) is 5.91 Å². The SMILES string of the molecule is Cc1ncn(-c2cc(NCCNC(=O)c3cccc(C#N)c3)ncn2)c1C. The molecule has 0 saturated heterocycles. The van der Waals surface area contributed by atoms with E-state index in [0.717, 1.165) is 17.2 Å². The maximum atomic E-state index is 12.1. The van der Waals surface area contributed by atoms with Gasteiger partial charge in [0.15, 0.2) is 0 Å². The highest BCUT2D eigenvalue weighted by Gasteiger charge is 2.08. The molecule has 0 fully saturated rings. The predicted octanol–water partition coefficient (Wildman–Crippen LogP) is 1.99. The Balaban J connectivity index is 1.55. The van der Waals surface area contributed by atoms with Gasteiger partial charge in [-0.05, 0) is 32.0 Å². The lowest BCUT2D eigenvalue weighted by atomic mass is 10.1. The summed E-state index contributed by atoms with van der Waals surface area (Å²) in [5, 5.41) is 14.9. The van der Waals surface area contributed by atoms with E-state index in [0.29, 0.717) is 30.0 Å². The van der Waals surface area contributed by atoms with Crippen LogP contribution in [0.1, 0.15) is 27.3 Å². The van der Waals surface area contributed by atoms with Crippen LogP contribution in [0.3, 0.4) is 0 Å². The molecule has 0 spiro atoms. The number of hydrogen-bond acceptors (Lipinski definition) is 6. The van der Waals surface area contributed by atoms with Crippen molar-refractivity contribution in [2.24, 2.45) is 0 Å². The van der Waals surface area contributed by atoms with Crippen molar-refractivity contribution in [3.05, 3.63) is 65.5 Å². The van der Waals surface area contributed by atoms with Gasteiger partial charge in [-0.25, -0.2) is 15.0 Å². The minimum Gasteiger partial charge on any atom is -0.368 e. The summed E-state index contributed by atoms with van der Waals surface area (Å²) in [6.45, 7) is 4.84. The average molecular weight is 361 g/mol. The Hall–Kier alpha value is -3.73. The number of anilines is 1. The lowest BCUT2D eigenvalue weighted by Gasteiger charge is -2.09. The van der Waals surface area contributed by atoms with Crippen molar-refractivity contribution in [2.45, 2.75) is 13.8 Å². The smallest absolute Gasteiger partial charge is 0.251 e. The van der Waals surface area contributed by atoms with Crippen molar-refractivity contribution in [2.75, 3.05) is 18.4 Å². The van der Waals surface area contributed by atoms with E-state index in [1.165, 1.54) is 6.33 Å². The van der Waals surface area contributed by atoms with Crippen LogP contribution in [0.5, 0.6) is 0 Å². The van der Waals surface area contributed by atoms with Gasteiger partial charge in [-0.2, -0.15) is 5.26 Å². The number of rotatable bonds is 6. The third kappa shape index (κ3) is 4.27. The summed E-state index contributed by atoms with van der Waals surface area (Å²) in [5.74, 6) is 1.16. The first kappa shape index (κ1) is 18.1. The topological polar surface area (TPSA) is 109 Å². The highest BCUT2D eigenvalue weighted by molar-refractivity contribution is 5.94. The number of amides is 1. The zero-order valence-electron chi connectivity index (χ0n) is 15.1. The molecule has 2 heterocycles. The Morgan fingerprint density at radius 1 is 1.19 bits per heavy atom. The molecule has 8 heteroatoms. The molecule has 8 nitrogen and oxygen atoms in total. The Kier molecular flexibility index (Phi) is 5.42. The number of aryl methyl sites for hydroxylation is 1. The molecule has 3 rings (SSSR count). The molecule has 0 radical (unpaired) electrons. The first-order valence-corrected chi connectivity index (χ1v) is 8.43. The zero-order chi connectivity index (χ0) is 19.2. The molecular weight excluding hydrogens is 342 g/mol. The number of carbonyl (C=O) groups is 1. The number of hydrogen-bond donors (Lipinski definition) is 2. The summed E-state index contributed by atoms with van der Waals surface area (Å²) in [6.07, 6.45) is 3.21. The Morgan fingerprint density at radius 2 is 2.04 bits per heavy atom. The van der Waals surface area contributed by atoms with E-state index in [9.17, 15) is 4.79 Å². The number of nitriles is 1. The number of imidazole rings is 1. The van der Waals surface area contributed by atoms with Gasteiger partial charge in [-0.15, -0.1) is 0 Å². The maximum absolute atomic E-state index is 12.1. The number of carbonyl (C=O) groups excluding carboxylic acids is 1. The van der Waals surface area contributed by atoms with Gasteiger partial charge in [0.1, 0.15) is 24.3 Å². The quantitative estimate of drug-likeness (QED) is 0.650. The van der Waals surface area contributed by atoms with E-state index in [1.807, 2.05) is 30.6 Å². The lowest BCUT2D eigenvalue weighted by Crippen LogP contribution is -2.29. The molecule has 0 bridgehead atoms. The van der Waals surface area contributed by atoms with Crippen LogP contribution in [-0.4, -0.2) is 38.5 Å². The second-order valence-electron chi connectivity index (χ2n) is 5.92. The van der Waals surface area contributed by atoms with Crippen LogP contribution in [0.2, 0.25) is 0 Å². The van der Waals surface area contributed by atoms with Gasteiger partial charge < -0.3 is 10.6 Å². The fourth-order valence-electron chi connectivity index (χ4n) is 2.50. The highest BCUT2D eigenvalue weighted by atomic mass is 16.1. The van der Waals surface area contributed by atoms with Gasteiger partial charge >= 0.3 is 0 Å². The second kappa shape index (κ2) is 8.10. The molecule has 0 aliphatic heterocycles. The normalized spacial score (nSPS) is 10.3. The minimum atomic E-state index is -0.221. The molecule has 1 aromatic carbocycles.